The minimum atomic E-state index is -0.209. The van der Waals surface area contributed by atoms with E-state index in [9.17, 15) is 4.79 Å². The number of amides is 1. The van der Waals surface area contributed by atoms with Gasteiger partial charge in [-0.05, 0) is 50.2 Å². The second kappa shape index (κ2) is 8.96. The molecule has 0 saturated heterocycles. The van der Waals surface area contributed by atoms with Gasteiger partial charge >= 0.3 is 0 Å². The highest BCUT2D eigenvalue weighted by Gasteiger charge is 2.06. The van der Waals surface area contributed by atoms with Crippen molar-refractivity contribution in [3.05, 3.63) is 70.2 Å². The largest absolute Gasteiger partial charge is 0.316 e. The molecule has 27 heavy (non-hydrogen) atoms. The van der Waals surface area contributed by atoms with Gasteiger partial charge in [-0.3, -0.25) is 4.79 Å². The van der Waals surface area contributed by atoms with Gasteiger partial charge in [0.15, 0.2) is 5.16 Å². The minimum absolute atomic E-state index is 0.201. The van der Waals surface area contributed by atoms with E-state index >= 15 is 0 Å². The number of carbonyl (C=O) groups is 1. The van der Waals surface area contributed by atoms with Crippen LogP contribution >= 0.6 is 27.7 Å². The van der Waals surface area contributed by atoms with E-state index in [-0.39, 0.29) is 11.7 Å². The van der Waals surface area contributed by atoms with Crippen LogP contribution in [0.25, 0.3) is 5.69 Å². The Bertz CT molecular complexity index is 965. The van der Waals surface area contributed by atoms with Gasteiger partial charge in [0, 0.05) is 27.7 Å². The Morgan fingerprint density at radius 3 is 2.74 bits per heavy atom. The fraction of sp³-hybridized carbons (Fsp3) is 0.158. The molecule has 0 bridgehead atoms. The number of rotatable bonds is 6. The number of hydrazone groups is 1. The second-order valence-electron chi connectivity index (χ2n) is 5.80. The highest BCUT2D eigenvalue weighted by Crippen LogP contribution is 2.17. The number of thioether (sulfide) groups is 1. The predicted molar refractivity (Wildman–Crippen MR) is 111 cm³/mol. The van der Waals surface area contributed by atoms with E-state index in [1.807, 2.05) is 67.1 Å². The number of aryl methyl sites for hydroxylation is 2. The Kier molecular flexibility index (Phi) is 6.41. The molecular formula is C19H18BrN5OS. The van der Waals surface area contributed by atoms with E-state index < -0.39 is 0 Å². The summed E-state index contributed by atoms with van der Waals surface area (Å²) >= 11 is 4.76. The Balaban J connectivity index is 1.58. The molecule has 3 rings (SSSR count). The Morgan fingerprint density at radius 1 is 1.22 bits per heavy atom. The summed E-state index contributed by atoms with van der Waals surface area (Å²) in [4.78, 5) is 20.6. The predicted octanol–water partition coefficient (Wildman–Crippen LogP) is 3.89. The summed E-state index contributed by atoms with van der Waals surface area (Å²) in [5.41, 5.74) is 6.18. The van der Waals surface area contributed by atoms with Gasteiger partial charge < -0.3 is 4.57 Å². The quantitative estimate of drug-likeness (QED) is 0.271. The van der Waals surface area contributed by atoms with Crippen molar-refractivity contribution in [3.8, 4) is 5.69 Å². The molecule has 0 radical (unpaired) electrons. The molecule has 6 nitrogen and oxygen atoms in total. The van der Waals surface area contributed by atoms with Crippen LogP contribution in [0.5, 0.6) is 0 Å². The fourth-order valence-electron chi connectivity index (χ4n) is 2.45. The molecule has 8 heteroatoms. The average molecular weight is 444 g/mol. The summed E-state index contributed by atoms with van der Waals surface area (Å²) in [5, 5.41) is 4.65. The molecule has 0 saturated carbocycles. The Labute approximate surface area is 170 Å². The molecular weight excluding hydrogens is 426 g/mol. The number of aromatic nitrogens is 3. The molecule has 0 fully saturated rings. The maximum absolute atomic E-state index is 12.0. The molecule has 0 aliphatic carbocycles. The van der Waals surface area contributed by atoms with E-state index in [2.05, 4.69) is 36.4 Å². The zero-order valence-corrected chi connectivity index (χ0v) is 17.3. The van der Waals surface area contributed by atoms with Crippen molar-refractivity contribution in [1.82, 2.24) is 20.0 Å². The van der Waals surface area contributed by atoms with Crippen molar-refractivity contribution < 1.29 is 4.79 Å². The molecule has 0 atom stereocenters. The lowest BCUT2D eigenvalue weighted by Crippen LogP contribution is -2.20. The fourth-order valence-corrected chi connectivity index (χ4v) is 3.58. The van der Waals surface area contributed by atoms with Gasteiger partial charge in [-0.15, -0.1) is 0 Å². The van der Waals surface area contributed by atoms with Gasteiger partial charge in [-0.1, -0.05) is 33.8 Å². The summed E-state index contributed by atoms with van der Waals surface area (Å²) in [6.45, 7) is 3.81. The highest BCUT2D eigenvalue weighted by atomic mass is 79.9. The molecule has 1 amide bonds. The van der Waals surface area contributed by atoms with Crippen LogP contribution in [0, 0.1) is 13.8 Å². The molecule has 0 aliphatic rings. The molecule has 2 heterocycles. The van der Waals surface area contributed by atoms with Gasteiger partial charge in [0.05, 0.1) is 17.7 Å². The first kappa shape index (κ1) is 19.3. The SMILES string of the molecule is Cc1cc(C)nc(SCC(=O)N/N=C\c2cccn2-c2cccc(Br)c2)n1. The van der Waals surface area contributed by atoms with Crippen LogP contribution < -0.4 is 5.43 Å². The normalized spacial score (nSPS) is 11.1. The topological polar surface area (TPSA) is 72.2 Å². The smallest absolute Gasteiger partial charge is 0.250 e. The summed E-state index contributed by atoms with van der Waals surface area (Å²) in [7, 11) is 0. The number of nitrogens with zero attached hydrogens (tertiary/aromatic N) is 4. The van der Waals surface area contributed by atoms with Crippen molar-refractivity contribution in [2.75, 3.05) is 5.75 Å². The maximum atomic E-state index is 12.0. The monoisotopic (exact) mass is 443 g/mol. The maximum Gasteiger partial charge on any atom is 0.250 e. The summed E-state index contributed by atoms with van der Waals surface area (Å²) < 4.78 is 2.98. The number of nitrogens with one attached hydrogen (secondary N) is 1. The van der Waals surface area contributed by atoms with Gasteiger partial charge in [0.1, 0.15) is 0 Å². The van der Waals surface area contributed by atoms with Gasteiger partial charge in [0.2, 0.25) is 0 Å². The van der Waals surface area contributed by atoms with Crippen molar-refractivity contribution in [2.24, 2.45) is 5.10 Å². The van der Waals surface area contributed by atoms with E-state index in [1.54, 1.807) is 6.21 Å². The number of benzene rings is 1. The molecule has 0 unspecified atom stereocenters. The molecule has 0 aliphatic heterocycles. The van der Waals surface area contributed by atoms with Crippen LogP contribution in [0.3, 0.4) is 0 Å². The van der Waals surface area contributed by atoms with E-state index in [1.165, 1.54) is 11.8 Å². The van der Waals surface area contributed by atoms with Crippen molar-refractivity contribution in [3.63, 3.8) is 0 Å². The van der Waals surface area contributed by atoms with Crippen LogP contribution in [0.4, 0.5) is 0 Å². The zero-order chi connectivity index (χ0) is 19.2. The summed E-state index contributed by atoms with van der Waals surface area (Å²) in [5.74, 6) is -0.00746. The molecule has 1 aromatic carbocycles. The first-order valence-corrected chi connectivity index (χ1v) is 9.99. The van der Waals surface area contributed by atoms with Crippen LogP contribution in [-0.2, 0) is 4.79 Å². The third-order valence-electron chi connectivity index (χ3n) is 3.55. The van der Waals surface area contributed by atoms with Crippen molar-refractivity contribution >= 4 is 39.8 Å². The Morgan fingerprint density at radius 2 is 2.00 bits per heavy atom. The second-order valence-corrected chi connectivity index (χ2v) is 7.66. The van der Waals surface area contributed by atoms with Gasteiger partial charge in [-0.25, -0.2) is 15.4 Å². The van der Waals surface area contributed by atoms with Crippen LogP contribution in [0.15, 0.2) is 63.4 Å². The first-order valence-electron chi connectivity index (χ1n) is 8.21. The highest BCUT2D eigenvalue weighted by molar-refractivity contribution is 9.10. The van der Waals surface area contributed by atoms with Crippen LogP contribution in [0.2, 0.25) is 0 Å². The lowest BCUT2D eigenvalue weighted by molar-refractivity contribution is -0.118. The summed E-state index contributed by atoms with van der Waals surface area (Å²) in [6.07, 6.45) is 3.56. The average Bonchev–Trinajstić information content (AvgIpc) is 3.08. The molecule has 138 valence electrons. The van der Waals surface area contributed by atoms with Gasteiger partial charge in [0.25, 0.3) is 5.91 Å². The number of halogens is 1. The van der Waals surface area contributed by atoms with E-state index in [4.69, 9.17) is 0 Å². The van der Waals surface area contributed by atoms with Crippen molar-refractivity contribution in [1.29, 1.82) is 0 Å². The third-order valence-corrected chi connectivity index (χ3v) is 4.89. The third kappa shape index (κ3) is 5.51. The minimum Gasteiger partial charge on any atom is -0.316 e. The van der Waals surface area contributed by atoms with Crippen molar-refractivity contribution in [2.45, 2.75) is 19.0 Å². The lowest BCUT2D eigenvalue weighted by Gasteiger charge is -2.06. The van der Waals surface area contributed by atoms with Crippen LogP contribution in [0.1, 0.15) is 17.1 Å². The summed E-state index contributed by atoms with van der Waals surface area (Å²) in [6, 6.07) is 13.7. The first-order chi connectivity index (χ1) is 13.0. The number of hydrogen-bond donors (Lipinski definition) is 1. The van der Waals surface area contributed by atoms with E-state index in [0.29, 0.717) is 5.16 Å². The lowest BCUT2D eigenvalue weighted by atomic mass is 10.3. The standard InChI is InChI=1S/C19H18BrN5OS/c1-13-9-14(2)23-19(22-13)27-12-18(26)24-21-11-17-7-4-8-25(17)16-6-3-5-15(20)10-16/h3-11H,12H2,1-2H3,(H,24,26)/b21-11-. The van der Waals surface area contributed by atoms with Gasteiger partial charge in [-0.2, -0.15) is 5.10 Å². The molecule has 3 aromatic rings. The molecule has 1 N–H and O–H groups in total. The molecule has 0 spiro atoms. The van der Waals surface area contributed by atoms with Crippen LogP contribution in [-0.4, -0.2) is 32.4 Å². The number of carbonyl (C=O) groups excluding carboxylic acids is 1. The molecule has 2 aromatic heterocycles. The van der Waals surface area contributed by atoms with E-state index in [0.717, 1.165) is 27.2 Å². The Hall–Kier alpha value is -2.45. The zero-order valence-electron chi connectivity index (χ0n) is 14.9. The number of hydrogen-bond acceptors (Lipinski definition) is 5.